The first kappa shape index (κ1) is 9.46. The molecule has 3 heteroatoms. The van der Waals surface area contributed by atoms with Crippen LogP contribution in [0, 0.1) is 0 Å². The van der Waals surface area contributed by atoms with E-state index < -0.39 is 0 Å². The molecule has 0 aromatic carbocycles. The number of piperidine rings is 1. The summed E-state index contributed by atoms with van der Waals surface area (Å²) in [4.78, 5) is 4.06. The van der Waals surface area contributed by atoms with E-state index in [4.69, 9.17) is 4.74 Å². The van der Waals surface area contributed by atoms with Gasteiger partial charge in [0.1, 0.15) is 11.9 Å². The van der Waals surface area contributed by atoms with Gasteiger partial charge in [-0.15, -0.1) is 0 Å². The van der Waals surface area contributed by atoms with Gasteiger partial charge >= 0.3 is 0 Å². The Morgan fingerprint density at radius 3 is 3.36 bits per heavy atom. The number of rotatable bonds is 2. The van der Waals surface area contributed by atoms with Gasteiger partial charge in [-0.1, -0.05) is 0 Å². The predicted molar refractivity (Wildman–Crippen MR) is 57.3 cm³/mol. The van der Waals surface area contributed by atoms with Crippen molar-refractivity contribution in [2.75, 3.05) is 13.1 Å². The van der Waals surface area contributed by atoms with Crippen LogP contribution < -0.4 is 5.32 Å². The average Bonchev–Trinajstić information content (AvgIpc) is 2.48. The van der Waals surface area contributed by atoms with Crippen LogP contribution in [0.2, 0.25) is 0 Å². The fraction of sp³-hybridized carbons (Fsp3) is 0.545. The van der Waals surface area contributed by atoms with E-state index >= 15 is 0 Å². The maximum Gasteiger partial charge on any atom is 0.111 e. The lowest BCUT2D eigenvalue weighted by molar-refractivity contribution is 0.0914. The predicted octanol–water partition coefficient (Wildman–Crippen LogP) is 1.63. The third-order valence-corrected chi connectivity index (χ3v) is 2.42. The summed E-state index contributed by atoms with van der Waals surface area (Å²) in [6, 6.07) is 0. The molecule has 1 atom stereocenters. The standard InChI is InChI=1S/C11H16N2O/c1-3-10(5-8-12-6-1)14-11-4-2-7-13-9-11/h1,3,6,8,11,13H,2,4-5,7,9H2. The summed E-state index contributed by atoms with van der Waals surface area (Å²) in [6.45, 7) is 2.10. The van der Waals surface area contributed by atoms with E-state index in [-0.39, 0.29) is 0 Å². The van der Waals surface area contributed by atoms with Crippen LogP contribution in [0.3, 0.4) is 0 Å². The molecule has 0 amide bonds. The Hall–Kier alpha value is -1.09. The highest BCUT2D eigenvalue weighted by Crippen LogP contribution is 2.14. The van der Waals surface area contributed by atoms with Gasteiger partial charge in [0.2, 0.25) is 0 Å². The molecular weight excluding hydrogens is 176 g/mol. The molecule has 0 aromatic heterocycles. The van der Waals surface area contributed by atoms with Gasteiger partial charge in [0.05, 0.1) is 0 Å². The molecule has 1 unspecified atom stereocenters. The molecule has 0 radical (unpaired) electrons. The van der Waals surface area contributed by atoms with Crippen molar-refractivity contribution < 1.29 is 4.74 Å². The Morgan fingerprint density at radius 2 is 2.50 bits per heavy atom. The molecule has 1 N–H and O–H groups in total. The molecule has 3 nitrogen and oxygen atoms in total. The molecule has 2 aliphatic heterocycles. The van der Waals surface area contributed by atoms with Gasteiger partial charge < -0.3 is 10.1 Å². The maximum absolute atomic E-state index is 5.87. The highest BCUT2D eigenvalue weighted by Gasteiger charge is 2.14. The Kier molecular flexibility index (Phi) is 3.35. The van der Waals surface area contributed by atoms with Gasteiger partial charge in [-0.3, -0.25) is 4.99 Å². The topological polar surface area (TPSA) is 33.6 Å². The largest absolute Gasteiger partial charge is 0.493 e. The molecule has 1 saturated heterocycles. The number of hydrogen-bond acceptors (Lipinski definition) is 3. The Balaban J connectivity index is 1.86. The zero-order valence-corrected chi connectivity index (χ0v) is 8.28. The second-order valence-corrected chi connectivity index (χ2v) is 3.60. The van der Waals surface area contributed by atoms with Crippen molar-refractivity contribution in [3.05, 3.63) is 24.1 Å². The third kappa shape index (κ3) is 2.70. The van der Waals surface area contributed by atoms with Gasteiger partial charge in [0.25, 0.3) is 0 Å². The second kappa shape index (κ2) is 4.96. The van der Waals surface area contributed by atoms with E-state index in [9.17, 15) is 0 Å². The zero-order chi connectivity index (χ0) is 9.64. The minimum absolute atomic E-state index is 0.342. The molecule has 0 spiro atoms. The van der Waals surface area contributed by atoms with E-state index in [1.165, 1.54) is 6.42 Å². The summed E-state index contributed by atoms with van der Waals surface area (Å²) in [7, 11) is 0. The lowest BCUT2D eigenvalue weighted by Crippen LogP contribution is -2.35. The van der Waals surface area contributed by atoms with Crippen molar-refractivity contribution in [2.24, 2.45) is 4.99 Å². The van der Waals surface area contributed by atoms with Crippen molar-refractivity contribution in [3.63, 3.8) is 0 Å². The van der Waals surface area contributed by atoms with E-state index in [1.54, 1.807) is 6.20 Å². The van der Waals surface area contributed by atoms with Crippen LogP contribution in [0.1, 0.15) is 19.3 Å². The van der Waals surface area contributed by atoms with E-state index in [1.807, 2.05) is 18.4 Å². The number of nitrogens with zero attached hydrogens (tertiary/aromatic N) is 1. The SMILES string of the molecule is C1=CN=CCC(OC2CCCNC2)=C1. The van der Waals surface area contributed by atoms with Gasteiger partial charge in [0, 0.05) is 25.4 Å². The smallest absolute Gasteiger partial charge is 0.111 e. The highest BCUT2D eigenvalue weighted by molar-refractivity contribution is 5.62. The second-order valence-electron chi connectivity index (χ2n) is 3.60. The van der Waals surface area contributed by atoms with Crippen molar-refractivity contribution in [3.8, 4) is 0 Å². The average molecular weight is 192 g/mol. The van der Waals surface area contributed by atoms with Crippen molar-refractivity contribution in [2.45, 2.75) is 25.4 Å². The zero-order valence-electron chi connectivity index (χ0n) is 8.28. The Labute approximate surface area is 84.6 Å². The van der Waals surface area contributed by atoms with Gasteiger partial charge in [-0.05, 0) is 31.5 Å². The lowest BCUT2D eigenvalue weighted by Gasteiger charge is -2.24. The Morgan fingerprint density at radius 1 is 1.50 bits per heavy atom. The summed E-state index contributed by atoms with van der Waals surface area (Å²) in [6.07, 6.45) is 11.1. The molecule has 14 heavy (non-hydrogen) atoms. The summed E-state index contributed by atoms with van der Waals surface area (Å²) < 4.78 is 5.87. The molecule has 2 aliphatic rings. The molecular formula is C11H16N2O. The van der Waals surface area contributed by atoms with Crippen molar-refractivity contribution in [1.29, 1.82) is 0 Å². The first-order valence-corrected chi connectivity index (χ1v) is 5.20. The van der Waals surface area contributed by atoms with Crippen LogP contribution in [0.5, 0.6) is 0 Å². The molecule has 76 valence electrons. The maximum atomic E-state index is 5.87. The van der Waals surface area contributed by atoms with Gasteiger partial charge in [-0.25, -0.2) is 0 Å². The molecule has 2 heterocycles. The first-order valence-electron chi connectivity index (χ1n) is 5.20. The van der Waals surface area contributed by atoms with Crippen LogP contribution in [-0.4, -0.2) is 25.4 Å². The fourth-order valence-corrected chi connectivity index (χ4v) is 1.69. The molecule has 0 aliphatic carbocycles. The van der Waals surface area contributed by atoms with Gasteiger partial charge in [0.15, 0.2) is 0 Å². The van der Waals surface area contributed by atoms with E-state index in [2.05, 4.69) is 10.3 Å². The Bertz CT molecular complexity index is 262. The number of ether oxygens (including phenoxy) is 1. The van der Waals surface area contributed by atoms with Gasteiger partial charge in [-0.2, -0.15) is 0 Å². The normalized spacial score (nSPS) is 26.9. The third-order valence-electron chi connectivity index (χ3n) is 2.42. The van der Waals surface area contributed by atoms with Crippen LogP contribution in [-0.2, 0) is 4.74 Å². The number of hydrogen-bond donors (Lipinski definition) is 1. The van der Waals surface area contributed by atoms with Crippen LogP contribution in [0.4, 0.5) is 0 Å². The minimum atomic E-state index is 0.342. The number of allylic oxidation sites excluding steroid dienone is 3. The van der Waals surface area contributed by atoms with Crippen molar-refractivity contribution >= 4 is 6.21 Å². The highest BCUT2D eigenvalue weighted by atomic mass is 16.5. The number of nitrogens with one attached hydrogen (secondary N) is 1. The van der Waals surface area contributed by atoms with Crippen molar-refractivity contribution in [1.82, 2.24) is 5.32 Å². The monoisotopic (exact) mass is 192 g/mol. The van der Waals surface area contributed by atoms with Crippen LogP contribution >= 0.6 is 0 Å². The number of aliphatic imine (C=N–C) groups is 1. The summed E-state index contributed by atoms with van der Waals surface area (Å²) in [5, 5.41) is 3.34. The lowest BCUT2D eigenvalue weighted by atomic mass is 10.1. The fourth-order valence-electron chi connectivity index (χ4n) is 1.69. The molecule has 0 aromatic rings. The summed E-state index contributed by atoms with van der Waals surface area (Å²) in [5.41, 5.74) is 0. The van der Waals surface area contributed by atoms with Crippen LogP contribution in [0.15, 0.2) is 29.1 Å². The van der Waals surface area contributed by atoms with Crippen LogP contribution in [0.25, 0.3) is 0 Å². The summed E-state index contributed by atoms with van der Waals surface area (Å²) in [5.74, 6) is 1.02. The first-order chi connectivity index (χ1) is 6.95. The molecule has 1 fully saturated rings. The van der Waals surface area contributed by atoms with E-state index in [0.717, 1.165) is 31.7 Å². The molecule has 0 bridgehead atoms. The van der Waals surface area contributed by atoms with E-state index in [0.29, 0.717) is 6.10 Å². The molecule has 2 rings (SSSR count). The summed E-state index contributed by atoms with van der Waals surface area (Å²) >= 11 is 0. The quantitative estimate of drug-likeness (QED) is 0.721. The molecule has 0 saturated carbocycles. The minimum Gasteiger partial charge on any atom is -0.493 e.